The zero-order valence-corrected chi connectivity index (χ0v) is 31.2. The van der Waals surface area contributed by atoms with E-state index in [1.807, 2.05) is 5.57 Å². The maximum atomic E-state index is 7.97. The van der Waals surface area contributed by atoms with Gasteiger partial charge in [-0.15, -0.1) is 0 Å². The van der Waals surface area contributed by atoms with Gasteiger partial charge in [-0.05, 0) is 114 Å². The molecule has 0 atom stereocenters. The first-order valence-electron chi connectivity index (χ1n) is 15.7. The van der Waals surface area contributed by atoms with E-state index in [0.29, 0.717) is 0 Å². The number of allylic oxidation sites excluding steroid dienone is 4. The molecule has 2 nitrogen and oxygen atoms in total. The third kappa shape index (κ3) is 5.01. The lowest BCUT2D eigenvalue weighted by molar-refractivity contribution is 0.0682. The molecule has 218 valence electrons. The molecule has 4 fully saturated rings. The van der Waals surface area contributed by atoms with Crippen molar-refractivity contribution in [2.24, 2.45) is 34.5 Å². The SMILES string of the molecule is CC(C)(C)C1=C(C(C)(C)C)[Si](O[Si](C)(C)C(C)(C)C)(O[Si](C)(C)C(C)(C)C)C1=C1C2CC3CC(C2)CC1C3. The van der Waals surface area contributed by atoms with E-state index < -0.39 is 25.2 Å². The van der Waals surface area contributed by atoms with Crippen molar-refractivity contribution in [3.05, 3.63) is 21.5 Å². The third-order valence-electron chi connectivity index (χ3n) is 11.4. The summed E-state index contributed by atoms with van der Waals surface area (Å²) in [5.41, 5.74) is 3.58. The lowest BCUT2D eigenvalue weighted by Gasteiger charge is -2.62. The summed E-state index contributed by atoms with van der Waals surface area (Å²) in [6, 6.07) is 0. The van der Waals surface area contributed by atoms with Crippen molar-refractivity contribution in [3.63, 3.8) is 0 Å². The van der Waals surface area contributed by atoms with Crippen LogP contribution in [0.5, 0.6) is 0 Å². The van der Waals surface area contributed by atoms with Crippen LogP contribution in [-0.4, -0.2) is 25.2 Å². The maximum Gasteiger partial charge on any atom is 0.383 e. The summed E-state index contributed by atoms with van der Waals surface area (Å²) in [6.07, 6.45) is 7.16. The van der Waals surface area contributed by atoms with Gasteiger partial charge < -0.3 is 8.23 Å². The first-order valence-corrected chi connectivity index (χ1v) is 23.4. The van der Waals surface area contributed by atoms with Crippen LogP contribution in [0.1, 0.15) is 115 Å². The molecule has 4 saturated carbocycles. The summed E-state index contributed by atoms with van der Waals surface area (Å²) < 4.78 is 15.9. The maximum absolute atomic E-state index is 7.97. The Morgan fingerprint density at radius 3 is 1.24 bits per heavy atom. The zero-order valence-electron chi connectivity index (χ0n) is 28.2. The molecule has 0 aromatic rings. The van der Waals surface area contributed by atoms with Gasteiger partial charge in [-0.1, -0.05) is 88.7 Å². The molecule has 5 heteroatoms. The Kier molecular flexibility index (Phi) is 7.36. The van der Waals surface area contributed by atoms with E-state index in [9.17, 15) is 0 Å². The molecule has 38 heavy (non-hydrogen) atoms. The molecule has 0 saturated heterocycles. The van der Waals surface area contributed by atoms with Gasteiger partial charge in [0, 0.05) is 5.20 Å². The van der Waals surface area contributed by atoms with Gasteiger partial charge in [0.2, 0.25) is 0 Å². The van der Waals surface area contributed by atoms with E-state index in [-0.39, 0.29) is 20.9 Å². The topological polar surface area (TPSA) is 18.5 Å². The molecule has 0 radical (unpaired) electrons. The number of hydrogen-bond acceptors (Lipinski definition) is 2. The second-order valence-corrected chi connectivity index (χ2v) is 31.6. The number of hydrogen-bond donors (Lipinski definition) is 0. The normalized spacial score (nSPS) is 30.3. The average Bonchev–Trinajstić information content (AvgIpc) is 2.63. The fraction of sp³-hybridized carbons (Fsp3) is 0.879. The van der Waals surface area contributed by atoms with Gasteiger partial charge in [0.25, 0.3) is 0 Å². The lowest BCUT2D eigenvalue weighted by atomic mass is 9.53. The Morgan fingerprint density at radius 1 is 0.579 bits per heavy atom. The molecule has 0 unspecified atom stereocenters. The van der Waals surface area contributed by atoms with Crippen LogP contribution in [0.3, 0.4) is 0 Å². The molecule has 4 bridgehead atoms. The quantitative estimate of drug-likeness (QED) is 0.311. The average molecular weight is 575 g/mol. The van der Waals surface area contributed by atoms with Crippen molar-refractivity contribution in [1.29, 1.82) is 0 Å². The first kappa shape index (κ1) is 31.0. The minimum Gasteiger partial charge on any atom is -0.429 e. The minimum atomic E-state index is -2.88. The molecule has 4 aliphatic carbocycles. The Morgan fingerprint density at radius 2 is 0.947 bits per heavy atom. The van der Waals surface area contributed by atoms with Crippen molar-refractivity contribution < 1.29 is 8.23 Å². The second kappa shape index (κ2) is 9.02. The monoisotopic (exact) mass is 574 g/mol. The fourth-order valence-electron chi connectivity index (χ4n) is 7.82. The molecule has 0 spiro atoms. The highest BCUT2D eigenvalue weighted by atomic mass is 28.5. The van der Waals surface area contributed by atoms with Crippen LogP contribution in [0.15, 0.2) is 21.5 Å². The molecule has 0 aromatic carbocycles. The van der Waals surface area contributed by atoms with Crippen molar-refractivity contribution in [1.82, 2.24) is 0 Å². The first-order chi connectivity index (χ1) is 16.8. The van der Waals surface area contributed by atoms with Crippen LogP contribution in [0, 0.1) is 34.5 Å². The van der Waals surface area contributed by atoms with Crippen molar-refractivity contribution >= 4 is 25.2 Å². The summed E-state index contributed by atoms with van der Waals surface area (Å²) in [5, 5.41) is 3.54. The molecule has 0 N–H and O–H groups in total. The lowest BCUT2D eigenvalue weighted by Crippen LogP contribution is -2.70. The Balaban J connectivity index is 2.08. The molecule has 5 aliphatic rings. The highest BCUT2D eigenvalue weighted by molar-refractivity contribution is 6.99. The largest absolute Gasteiger partial charge is 0.429 e. The van der Waals surface area contributed by atoms with Gasteiger partial charge in [0.05, 0.1) is 0 Å². The molecule has 1 aliphatic heterocycles. The molecular weight excluding hydrogens is 513 g/mol. The second-order valence-electron chi connectivity index (χ2n) is 18.7. The van der Waals surface area contributed by atoms with Gasteiger partial charge in [0.15, 0.2) is 16.6 Å². The summed E-state index contributed by atoms with van der Waals surface area (Å²) in [4.78, 5) is 0. The van der Waals surface area contributed by atoms with Gasteiger partial charge >= 0.3 is 8.56 Å². The predicted molar refractivity (Wildman–Crippen MR) is 172 cm³/mol. The van der Waals surface area contributed by atoms with E-state index in [1.165, 1.54) is 32.1 Å². The summed E-state index contributed by atoms with van der Waals surface area (Å²) in [5.74, 6) is 3.45. The molecule has 0 aromatic heterocycles. The Hall–Kier alpha value is 0.0506. The van der Waals surface area contributed by atoms with E-state index in [4.69, 9.17) is 8.23 Å². The van der Waals surface area contributed by atoms with E-state index in [1.54, 1.807) is 16.0 Å². The van der Waals surface area contributed by atoms with Crippen LogP contribution < -0.4 is 0 Å². The van der Waals surface area contributed by atoms with Crippen molar-refractivity contribution in [3.8, 4) is 0 Å². The highest BCUT2D eigenvalue weighted by Crippen LogP contribution is 2.66. The zero-order chi connectivity index (χ0) is 29.1. The number of rotatable bonds is 4. The van der Waals surface area contributed by atoms with Crippen LogP contribution in [0.2, 0.25) is 36.3 Å². The van der Waals surface area contributed by atoms with Gasteiger partial charge in [0.1, 0.15) is 0 Å². The molecular formula is C33H62O2Si3. The van der Waals surface area contributed by atoms with Gasteiger partial charge in [-0.3, -0.25) is 0 Å². The molecule has 5 rings (SSSR count). The van der Waals surface area contributed by atoms with Crippen LogP contribution in [-0.2, 0) is 8.23 Å². The summed E-state index contributed by atoms with van der Waals surface area (Å²) >= 11 is 0. The highest BCUT2D eigenvalue weighted by Gasteiger charge is 2.68. The fourth-order valence-corrected chi connectivity index (χ4v) is 21.7. The van der Waals surface area contributed by atoms with Crippen molar-refractivity contribution in [2.45, 2.75) is 151 Å². The van der Waals surface area contributed by atoms with Crippen LogP contribution >= 0.6 is 0 Å². The van der Waals surface area contributed by atoms with Crippen molar-refractivity contribution in [2.75, 3.05) is 0 Å². The summed E-state index contributed by atoms with van der Waals surface area (Å²) in [7, 11) is -7.15. The molecule has 1 heterocycles. The van der Waals surface area contributed by atoms with Gasteiger partial charge in [-0.25, -0.2) is 0 Å². The standard InChI is InChI=1S/C33H62O2Si3/c1-30(2,3)27-28(26-24-18-22-17-23(20-24)21-25(26)19-22)38(29(27)31(4,5)6,34-36(13,14)32(7,8)9)35-37(15,16)33(10,11)12/h22-25H,17-21H2,1-16H3. The predicted octanol–water partition coefficient (Wildman–Crippen LogP) is 10.7. The Bertz CT molecular complexity index is 960. The van der Waals surface area contributed by atoms with E-state index >= 15 is 0 Å². The van der Waals surface area contributed by atoms with E-state index in [2.05, 4.69) is 109 Å². The third-order valence-corrected chi connectivity index (χ3v) is 27.8. The van der Waals surface area contributed by atoms with Gasteiger partial charge in [-0.2, -0.15) is 0 Å². The van der Waals surface area contributed by atoms with E-state index in [0.717, 1.165) is 23.7 Å². The smallest absolute Gasteiger partial charge is 0.383 e. The van der Waals surface area contributed by atoms with Crippen LogP contribution in [0.4, 0.5) is 0 Å². The summed E-state index contributed by atoms with van der Waals surface area (Å²) in [6.45, 7) is 39.1. The minimum absolute atomic E-state index is 0.0234. The van der Waals surface area contributed by atoms with Crippen LogP contribution in [0.25, 0.3) is 0 Å². The molecule has 0 amide bonds. The Labute approximate surface area is 240 Å².